The zero-order chi connectivity index (χ0) is 20.4. The Morgan fingerprint density at radius 1 is 1.00 bits per heavy atom. The number of carbonyl (C=O) groups is 3. The van der Waals surface area contributed by atoms with Gasteiger partial charge in [-0.25, -0.2) is 0 Å². The van der Waals surface area contributed by atoms with Crippen LogP contribution in [0.3, 0.4) is 0 Å². The average Bonchev–Trinajstić information content (AvgIpc) is 3.39. The molecule has 0 aromatic heterocycles. The maximum absolute atomic E-state index is 13.0. The molecule has 3 aliphatic rings. The number of likely N-dealkylation sites (tertiary alicyclic amines) is 2. The lowest BCUT2D eigenvalue weighted by Gasteiger charge is -2.33. The summed E-state index contributed by atoms with van der Waals surface area (Å²) >= 11 is 3.50. The second kappa shape index (κ2) is 8.86. The minimum Gasteiger partial charge on any atom is -0.343 e. The van der Waals surface area contributed by atoms with Crippen LogP contribution in [0.15, 0.2) is 28.7 Å². The summed E-state index contributed by atoms with van der Waals surface area (Å²) < 4.78 is 0.866. The number of nitrogens with zero attached hydrogens (tertiary/aromatic N) is 3. The van der Waals surface area contributed by atoms with Gasteiger partial charge in [0.05, 0.1) is 11.6 Å². The Balaban J connectivity index is 1.29. The normalized spacial score (nSPS) is 23.1. The summed E-state index contributed by atoms with van der Waals surface area (Å²) in [5.74, 6) is 0.447. The first-order valence-electron chi connectivity index (χ1n) is 10.6. The number of anilines is 1. The topological polar surface area (TPSA) is 60.9 Å². The molecular formula is C22H28BrN3O3. The van der Waals surface area contributed by atoms with Crippen molar-refractivity contribution in [2.24, 2.45) is 11.8 Å². The summed E-state index contributed by atoms with van der Waals surface area (Å²) in [4.78, 5) is 43.5. The number of piperidine rings is 1. The van der Waals surface area contributed by atoms with Gasteiger partial charge in [0.1, 0.15) is 0 Å². The average molecular weight is 462 g/mol. The first kappa shape index (κ1) is 20.4. The zero-order valence-corrected chi connectivity index (χ0v) is 18.3. The molecule has 0 aliphatic carbocycles. The Morgan fingerprint density at radius 3 is 2.38 bits per heavy atom. The standard InChI is InChI=1S/C22H28BrN3O3/c23-18-5-1-2-6-19(18)26-15-17(14-21(26)28)22(29)25-11-7-16(8-12-25)13-20(27)24-9-3-4-10-24/h1-2,5-6,16-17H,3-4,7-15H2. The Labute approximate surface area is 180 Å². The fraction of sp³-hybridized carbons (Fsp3) is 0.591. The van der Waals surface area contributed by atoms with Crippen LogP contribution in [0.4, 0.5) is 5.69 Å². The van der Waals surface area contributed by atoms with Gasteiger partial charge in [0, 0.05) is 50.0 Å². The van der Waals surface area contributed by atoms with Gasteiger partial charge in [-0.1, -0.05) is 12.1 Å². The molecular weight excluding hydrogens is 434 g/mol. The highest BCUT2D eigenvalue weighted by Crippen LogP contribution is 2.32. The quantitative estimate of drug-likeness (QED) is 0.691. The number of hydrogen-bond donors (Lipinski definition) is 0. The van der Waals surface area contributed by atoms with Crippen LogP contribution in [0, 0.1) is 11.8 Å². The smallest absolute Gasteiger partial charge is 0.228 e. The van der Waals surface area contributed by atoms with E-state index in [9.17, 15) is 14.4 Å². The molecule has 3 fully saturated rings. The van der Waals surface area contributed by atoms with Crippen molar-refractivity contribution in [2.75, 3.05) is 37.6 Å². The summed E-state index contributed by atoms with van der Waals surface area (Å²) in [6.07, 6.45) is 4.87. The minimum absolute atomic E-state index is 0.00125. The third kappa shape index (κ3) is 4.49. The summed E-state index contributed by atoms with van der Waals surface area (Å²) in [5.41, 5.74) is 0.826. The van der Waals surface area contributed by atoms with Crippen LogP contribution in [0.25, 0.3) is 0 Å². The van der Waals surface area contributed by atoms with E-state index >= 15 is 0 Å². The van der Waals surface area contributed by atoms with Crippen molar-refractivity contribution in [3.05, 3.63) is 28.7 Å². The minimum atomic E-state index is -0.280. The highest BCUT2D eigenvalue weighted by Gasteiger charge is 2.38. The molecule has 4 rings (SSSR count). The van der Waals surface area contributed by atoms with Gasteiger partial charge in [-0.15, -0.1) is 0 Å². The van der Waals surface area contributed by atoms with Gasteiger partial charge >= 0.3 is 0 Å². The van der Waals surface area contributed by atoms with E-state index < -0.39 is 0 Å². The van der Waals surface area contributed by atoms with Gasteiger partial charge in [-0.05, 0) is 59.7 Å². The van der Waals surface area contributed by atoms with Gasteiger partial charge < -0.3 is 14.7 Å². The van der Waals surface area contributed by atoms with E-state index in [1.807, 2.05) is 34.1 Å². The molecule has 29 heavy (non-hydrogen) atoms. The Bertz CT molecular complexity index is 785. The third-order valence-electron chi connectivity index (χ3n) is 6.47. The first-order valence-corrected chi connectivity index (χ1v) is 11.4. The zero-order valence-electron chi connectivity index (χ0n) is 16.7. The summed E-state index contributed by atoms with van der Waals surface area (Å²) in [7, 11) is 0. The molecule has 0 saturated carbocycles. The van der Waals surface area contributed by atoms with Gasteiger partial charge in [0.25, 0.3) is 0 Å². The van der Waals surface area contributed by atoms with Crippen molar-refractivity contribution in [3.8, 4) is 0 Å². The molecule has 3 amide bonds. The number of rotatable bonds is 4. The van der Waals surface area contributed by atoms with E-state index in [0.717, 1.165) is 48.9 Å². The maximum atomic E-state index is 13.0. The van der Waals surface area contributed by atoms with Gasteiger partial charge in [-0.3, -0.25) is 14.4 Å². The van der Waals surface area contributed by atoms with E-state index in [1.54, 1.807) is 4.90 Å². The van der Waals surface area contributed by atoms with Crippen LogP contribution in [-0.2, 0) is 14.4 Å². The summed E-state index contributed by atoms with van der Waals surface area (Å²) in [6.45, 7) is 3.63. The van der Waals surface area contributed by atoms with Crippen LogP contribution < -0.4 is 4.90 Å². The molecule has 3 heterocycles. The van der Waals surface area contributed by atoms with Crippen molar-refractivity contribution >= 4 is 39.3 Å². The fourth-order valence-corrected chi connectivity index (χ4v) is 5.23. The molecule has 7 heteroatoms. The van der Waals surface area contributed by atoms with Crippen molar-refractivity contribution in [3.63, 3.8) is 0 Å². The monoisotopic (exact) mass is 461 g/mol. The molecule has 1 unspecified atom stereocenters. The predicted octanol–water partition coefficient (Wildman–Crippen LogP) is 3.05. The molecule has 3 saturated heterocycles. The number of halogens is 1. The number of hydrogen-bond acceptors (Lipinski definition) is 3. The van der Waals surface area contributed by atoms with E-state index in [-0.39, 0.29) is 30.1 Å². The second-order valence-corrected chi connectivity index (χ2v) is 9.27. The maximum Gasteiger partial charge on any atom is 0.228 e. The molecule has 0 N–H and O–H groups in total. The lowest BCUT2D eigenvalue weighted by molar-refractivity contribution is -0.137. The lowest BCUT2D eigenvalue weighted by Crippen LogP contribution is -2.43. The lowest BCUT2D eigenvalue weighted by atomic mass is 9.92. The van der Waals surface area contributed by atoms with Crippen LogP contribution in [0.2, 0.25) is 0 Å². The number of amides is 3. The van der Waals surface area contributed by atoms with Gasteiger partial charge in [-0.2, -0.15) is 0 Å². The van der Waals surface area contributed by atoms with E-state index in [4.69, 9.17) is 0 Å². The number of carbonyl (C=O) groups excluding carboxylic acids is 3. The van der Waals surface area contributed by atoms with Crippen molar-refractivity contribution < 1.29 is 14.4 Å². The Hall–Kier alpha value is -1.89. The van der Waals surface area contributed by atoms with Crippen molar-refractivity contribution in [1.82, 2.24) is 9.80 Å². The Morgan fingerprint density at radius 2 is 1.69 bits per heavy atom. The number of para-hydroxylation sites is 1. The first-order chi connectivity index (χ1) is 14.0. The molecule has 0 radical (unpaired) electrons. The molecule has 1 atom stereocenters. The summed E-state index contributed by atoms with van der Waals surface area (Å²) in [5, 5.41) is 0. The van der Waals surface area contributed by atoms with E-state index in [2.05, 4.69) is 15.9 Å². The molecule has 1 aromatic carbocycles. The molecule has 0 spiro atoms. The number of benzene rings is 1. The van der Waals surface area contributed by atoms with Crippen molar-refractivity contribution in [1.29, 1.82) is 0 Å². The largest absolute Gasteiger partial charge is 0.343 e. The van der Waals surface area contributed by atoms with Gasteiger partial charge in [0.2, 0.25) is 17.7 Å². The molecule has 0 bridgehead atoms. The fourth-order valence-electron chi connectivity index (χ4n) is 4.73. The summed E-state index contributed by atoms with van der Waals surface area (Å²) in [6, 6.07) is 7.62. The highest BCUT2D eigenvalue weighted by molar-refractivity contribution is 9.10. The van der Waals surface area contributed by atoms with E-state index in [1.165, 1.54) is 0 Å². The molecule has 3 aliphatic heterocycles. The van der Waals surface area contributed by atoms with Crippen LogP contribution in [0.5, 0.6) is 0 Å². The third-order valence-corrected chi connectivity index (χ3v) is 7.14. The molecule has 6 nitrogen and oxygen atoms in total. The molecule has 156 valence electrons. The SMILES string of the molecule is O=C(CC1CCN(C(=O)C2CC(=O)N(c3ccccc3Br)C2)CC1)N1CCCC1. The van der Waals surface area contributed by atoms with Crippen molar-refractivity contribution in [2.45, 2.75) is 38.5 Å². The Kier molecular flexibility index (Phi) is 6.23. The predicted molar refractivity (Wildman–Crippen MR) is 114 cm³/mol. The van der Waals surface area contributed by atoms with E-state index in [0.29, 0.717) is 32.0 Å². The second-order valence-electron chi connectivity index (χ2n) is 8.42. The van der Waals surface area contributed by atoms with Gasteiger partial charge in [0.15, 0.2) is 0 Å². The van der Waals surface area contributed by atoms with Crippen LogP contribution >= 0.6 is 15.9 Å². The van der Waals surface area contributed by atoms with Crippen LogP contribution in [0.1, 0.15) is 38.5 Å². The highest BCUT2D eigenvalue weighted by atomic mass is 79.9. The van der Waals surface area contributed by atoms with Crippen LogP contribution in [-0.4, -0.2) is 60.2 Å². The molecule has 1 aromatic rings.